The van der Waals surface area contributed by atoms with Crippen molar-refractivity contribution >= 4 is 23.2 Å². The first-order valence-electron chi connectivity index (χ1n) is 9.39. The minimum Gasteiger partial charge on any atom is -0.459 e. The van der Waals surface area contributed by atoms with Gasteiger partial charge in [0.2, 0.25) is 0 Å². The highest BCUT2D eigenvalue weighted by atomic mass is 16.3. The average Bonchev–Trinajstić information content (AvgIpc) is 3.41. The van der Waals surface area contributed by atoms with Crippen LogP contribution in [-0.2, 0) is 0 Å². The summed E-state index contributed by atoms with van der Waals surface area (Å²) in [6, 6.07) is 17.7. The summed E-state index contributed by atoms with van der Waals surface area (Å²) in [5, 5.41) is 9.97. The average molecular weight is 400 g/mol. The fraction of sp³-hybridized carbons (Fsp3) is 0.0870. The van der Waals surface area contributed by atoms with E-state index < -0.39 is 0 Å². The number of rotatable bonds is 5. The van der Waals surface area contributed by atoms with Crippen LogP contribution in [0.4, 0.5) is 11.4 Å². The number of nitrogens with one attached hydrogen (secondary N) is 2. The molecule has 7 heteroatoms. The Labute approximate surface area is 173 Å². The largest absolute Gasteiger partial charge is 0.459 e. The van der Waals surface area contributed by atoms with Gasteiger partial charge in [0.05, 0.1) is 12.0 Å². The van der Waals surface area contributed by atoms with Crippen LogP contribution in [0, 0.1) is 13.8 Å². The molecular weight excluding hydrogens is 380 g/mol. The number of nitrogens with zero attached hydrogens (tertiary/aromatic N) is 2. The van der Waals surface area contributed by atoms with Gasteiger partial charge in [-0.15, -0.1) is 0 Å². The monoisotopic (exact) mass is 400 g/mol. The van der Waals surface area contributed by atoms with Crippen LogP contribution in [0.15, 0.2) is 77.5 Å². The predicted molar refractivity (Wildman–Crippen MR) is 114 cm³/mol. The lowest BCUT2D eigenvalue weighted by atomic mass is 10.1. The molecule has 0 bridgehead atoms. The van der Waals surface area contributed by atoms with E-state index in [0.29, 0.717) is 16.9 Å². The smallest absolute Gasteiger partial charge is 0.291 e. The van der Waals surface area contributed by atoms with Crippen molar-refractivity contribution in [2.24, 2.45) is 0 Å². The third kappa shape index (κ3) is 4.00. The highest BCUT2D eigenvalue weighted by Gasteiger charge is 2.13. The summed E-state index contributed by atoms with van der Waals surface area (Å²) in [6.07, 6.45) is 3.16. The van der Waals surface area contributed by atoms with Gasteiger partial charge in [-0.1, -0.05) is 12.1 Å². The highest BCUT2D eigenvalue weighted by Crippen LogP contribution is 2.21. The molecule has 7 nitrogen and oxygen atoms in total. The summed E-state index contributed by atoms with van der Waals surface area (Å²) < 4.78 is 6.91. The Morgan fingerprint density at radius 1 is 0.933 bits per heavy atom. The van der Waals surface area contributed by atoms with Crippen LogP contribution in [0.2, 0.25) is 0 Å². The first kappa shape index (κ1) is 19.2. The Morgan fingerprint density at radius 3 is 2.53 bits per heavy atom. The summed E-state index contributed by atoms with van der Waals surface area (Å²) in [6.45, 7) is 3.82. The number of furan rings is 1. The Morgan fingerprint density at radius 2 is 1.80 bits per heavy atom. The molecule has 0 atom stereocenters. The highest BCUT2D eigenvalue weighted by molar-refractivity contribution is 6.07. The van der Waals surface area contributed by atoms with Crippen LogP contribution < -0.4 is 10.6 Å². The molecule has 0 aliphatic heterocycles. The lowest BCUT2D eigenvalue weighted by Gasteiger charge is -2.11. The second kappa shape index (κ2) is 8.08. The molecule has 0 spiro atoms. The number of carbonyl (C=O) groups excluding carboxylic acids is 2. The molecular formula is C23H20N4O3. The van der Waals surface area contributed by atoms with Crippen molar-refractivity contribution in [2.75, 3.05) is 10.6 Å². The van der Waals surface area contributed by atoms with E-state index in [4.69, 9.17) is 4.42 Å². The predicted octanol–water partition coefficient (Wildman–Crippen LogP) is 4.59. The van der Waals surface area contributed by atoms with E-state index in [1.807, 2.05) is 44.2 Å². The number of amides is 2. The molecule has 4 aromatic rings. The zero-order valence-corrected chi connectivity index (χ0v) is 16.5. The molecule has 150 valence electrons. The number of aromatic nitrogens is 2. The van der Waals surface area contributed by atoms with E-state index in [9.17, 15) is 9.59 Å². The molecule has 0 aliphatic carbocycles. The molecule has 2 amide bonds. The number of hydrogen-bond donors (Lipinski definition) is 2. The molecule has 30 heavy (non-hydrogen) atoms. The van der Waals surface area contributed by atoms with Gasteiger partial charge in [-0.05, 0) is 67.9 Å². The molecule has 0 unspecified atom stereocenters. The van der Waals surface area contributed by atoms with Gasteiger partial charge in [0.1, 0.15) is 0 Å². The van der Waals surface area contributed by atoms with Crippen molar-refractivity contribution in [3.63, 3.8) is 0 Å². The summed E-state index contributed by atoms with van der Waals surface area (Å²) in [7, 11) is 0. The van der Waals surface area contributed by atoms with Crippen molar-refractivity contribution in [2.45, 2.75) is 13.8 Å². The molecule has 0 aliphatic rings. The quantitative estimate of drug-likeness (QED) is 0.513. The maximum atomic E-state index is 12.8. The number of hydrogen-bond acceptors (Lipinski definition) is 4. The number of aryl methyl sites for hydroxylation is 2. The minimum absolute atomic E-state index is 0.204. The summed E-state index contributed by atoms with van der Waals surface area (Å²) in [5.41, 5.74) is 4.30. The molecule has 2 N–H and O–H groups in total. The van der Waals surface area contributed by atoms with Crippen molar-refractivity contribution in [1.82, 2.24) is 9.78 Å². The van der Waals surface area contributed by atoms with E-state index >= 15 is 0 Å². The van der Waals surface area contributed by atoms with Crippen molar-refractivity contribution in [3.8, 4) is 5.69 Å². The minimum atomic E-state index is -0.372. The van der Waals surface area contributed by atoms with Gasteiger partial charge < -0.3 is 15.1 Å². The van der Waals surface area contributed by atoms with Gasteiger partial charge in [-0.25, -0.2) is 4.68 Å². The van der Waals surface area contributed by atoms with Crippen LogP contribution in [0.3, 0.4) is 0 Å². The fourth-order valence-corrected chi connectivity index (χ4v) is 3.05. The Kier molecular flexibility index (Phi) is 5.17. The van der Waals surface area contributed by atoms with Crippen LogP contribution in [0.1, 0.15) is 32.2 Å². The molecule has 2 aromatic carbocycles. The van der Waals surface area contributed by atoms with Gasteiger partial charge in [0.15, 0.2) is 5.76 Å². The lowest BCUT2D eigenvalue weighted by Crippen LogP contribution is -2.15. The Balaban J connectivity index is 1.53. The third-order valence-electron chi connectivity index (χ3n) is 4.67. The van der Waals surface area contributed by atoms with E-state index in [-0.39, 0.29) is 17.6 Å². The number of benzene rings is 2. The second-order valence-corrected chi connectivity index (χ2v) is 6.85. The molecule has 0 fully saturated rings. The molecule has 0 saturated heterocycles. The Bertz CT molecular complexity index is 1210. The zero-order valence-electron chi connectivity index (χ0n) is 16.5. The van der Waals surface area contributed by atoms with Crippen LogP contribution >= 0.6 is 0 Å². The first-order valence-corrected chi connectivity index (χ1v) is 9.39. The summed E-state index contributed by atoms with van der Waals surface area (Å²) >= 11 is 0. The van der Waals surface area contributed by atoms with E-state index in [1.165, 1.54) is 6.26 Å². The van der Waals surface area contributed by atoms with Crippen molar-refractivity contribution in [1.29, 1.82) is 0 Å². The molecule has 2 heterocycles. The van der Waals surface area contributed by atoms with Gasteiger partial charge >= 0.3 is 0 Å². The van der Waals surface area contributed by atoms with Crippen LogP contribution in [0.25, 0.3) is 5.69 Å². The fourth-order valence-electron chi connectivity index (χ4n) is 3.05. The third-order valence-corrected chi connectivity index (χ3v) is 4.67. The van der Waals surface area contributed by atoms with Gasteiger partial charge in [-0.2, -0.15) is 5.10 Å². The van der Waals surface area contributed by atoms with E-state index in [0.717, 1.165) is 16.9 Å². The molecule has 2 aromatic heterocycles. The van der Waals surface area contributed by atoms with E-state index in [1.54, 1.807) is 41.2 Å². The number of carbonyl (C=O) groups is 2. The number of anilines is 2. The standard InChI is InChI=1S/C23H20N4O3/c1-15-8-9-17(13-20(15)26-23(29)21-7-4-12-30-21)22(28)25-18-5-3-6-19(14-18)27-16(2)10-11-24-27/h3-14H,1-2H3,(H,25,28)(H,26,29). The van der Waals surface area contributed by atoms with Gasteiger partial charge in [-0.3, -0.25) is 9.59 Å². The second-order valence-electron chi connectivity index (χ2n) is 6.85. The molecule has 4 rings (SSSR count). The maximum Gasteiger partial charge on any atom is 0.291 e. The summed E-state index contributed by atoms with van der Waals surface area (Å²) in [4.78, 5) is 25.1. The van der Waals surface area contributed by atoms with Crippen molar-refractivity contribution < 1.29 is 14.0 Å². The van der Waals surface area contributed by atoms with E-state index in [2.05, 4.69) is 15.7 Å². The normalized spacial score (nSPS) is 10.6. The topological polar surface area (TPSA) is 89.2 Å². The molecule has 0 saturated carbocycles. The summed E-state index contributed by atoms with van der Waals surface area (Å²) in [5.74, 6) is -0.448. The Hall–Kier alpha value is -4.13. The zero-order chi connectivity index (χ0) is 21.1. The maximum absolute atomic E-state index is 12.8. The van der Waals surface area contributed by atoms with Crippen molar-refractivity contribution in [3.05, 3.63) is 95.7 Å². The van der Waals surface area contributed by atoms with Crippen LogP contribution in [0.5, 0.6) is 0 Å². The SMILES string of the molecule is Cc1ccc(C(=O)Nc2cccc(-n3nccc3C)c2)cc1NC(=O)c1ccco1. The molecule has 0 radical (unpaired) electrons. The van der Waals surface area contributed by atoms with Gasteiger partial charge in [0, 0.05) is 28.8 Å². The lowest BCUT2D eigenvalue weighted by molar-refractivity contribution is 0.0993. The first-order chi connectivity index (χ1) is 14.5. The van der Waals surface area contributed by atoms with Crippen LogP contribution in [-0.4, -0.2) is 21.6 Å². The van der Waals surface area contributed by atoms with Gasteiger partial charge in [0.25, 0.3) is 11.8 Å².